The highest BCUT2D eigenvalue weighted by molar-refractivity contribution is 6.02. The number of hydrogen-bond donors (Lipinski definition) is 1. The molecule has 2 aromatic rings. The zero-order valence-corrected chi connectivity index (χ0v) is 14.3. The van der Waals surface area contributed by atoms with Crippen LogP contribution in [0.4, 0.5) is 5.69 Å². The van der Waals surface area contributed by atoms with Gasteiger partial charge in [0.15, 0.2) is 5.78 Å². The number of Topliss-reactive ketones (excluding diaryl/α,β-unsaturated/α-hetero) is 1. The van der Waals surface area contributed by atoms with E-state index in [0.29, 0.717) is 18.1 Å². The number of aromatic nitrogens is 1. The molecule has 0 bridgehead atoms. The van der Waals surface area contributed by atoms with Crippen molar-refractivity contribution in [1.82, 2.24) is 4.98 Å². The Morgan fingerprint density at radius 1 is 1.12 bits per heavy atom. The highest BCUT2D eigenvalue weighted by Gasteiger charge is 2.39. The van der Waals surface area contributed by atoms with Crippen molar-refractivity contribution in [2.45, 2.75) is 44.4 Å². The molecule has 0 amide bonds. The lowest BCUT2D eigenvalue weighted by molar-refractivity contribution is -0.116. The van der Waals surface area contributed by atoms with Crippen molar-refractivity contribution >= 4 is 22.4 Å². The van der Waals surface area contributed by atoms with Crippen molar-refractivity contribution in [1.29, 1.82) is 0 Å². The Bertz CT molecular complexity index is 925. The normalized spacial score (nSPS) is 25.5. The average molecular weight is 330 g/mol. The molecule has 2 heterocycles. The number of fused-ring (bicyclic) bond motifs is 3. The Labute approximate surface area is 147 Å². The number of carbonyl (C=O) groups excluding carboxylic acids is 1. The van der Waals surface area contributed by atoms with Crippen LogP contribution in [0.3, 0.4) is 0 Å². The molecule has 3 nitrogen and oxygen atoms in total. The lowest BCUT2D eigenvalue weighted by atomic mass is 9.69. The monoisotopic (exact) mass is 330 g/mol. The number of allylic oxidation sites excluding steroid dienone is 4. The summed E-state index contributed by atoms with van der Waals surface area (Å²) < 4.78 is 0. The summed E-state index contributed by atoms with van der Waals surface area (Å²) in [5.74, 6) is 1.06. The molecule has 0 fully saturated rings. The minimum atomic E-state index is 0.205. The maximum atomic E-state index is 12.9. The van der Waals surface area contributed by atoms with E-state index in [9.17, 15) is 4.79 Å². The van der Waals surface area contributed by atoms with Crippen LogP contribution in [-0.2, 0) is 4.79 Å². The molecule has 1 aromatic heterocycles. The van der Waals surface area contributed by atoms with Crippen molar-refractivity contribution in [3.63, 3.8) is 0 Å². The summed E-state index contributed by atoms with van der Waals surface area (Å²) in [6, 6.07) is 8.41. The van der Waals surface area contributed by atoms with Crippen LogP contribution in [0.2, 0.25) is 0 Å². The highest BCUT2D eigenvalue weighted by Crippen LogP contribution is 2.50. The minimum Gasteiger partial charge on any atom is -0.358 e. The summed E-state index contributed by atoms with van der Waals surface area (Å²) in [5.41, 5.74) is 5.72. The van der Waals surface area contributed by atoms with Crippen LogP contribution in [-0.4, -0.2) is 10.8 Å². The van der Waals surface area contributed by atoms with E-state index in [0.717, 1.165) is 43.2 Å². The molecule has 2 aliphatic carbocycles. The lowest BCUT2D eigenvalue weighted by Gasteiger charge is -2.39. The van der Waals surface area contributed by atoms with Gasteiger partial charge in [0.25, 0.3) is 0 Å². The fourth-order valence-corrected chi connectivity index (χ4v) is 4.87. The molecular weight excluding hydrogens is 308 g/mol. The number of hydrogen-bond acceptors (Lipinski definition) is 3. The average Bonchev–Trinajstić information content (AvgIpc) is 2.67. The van der Waals surface area contributed by atoms with E-state index in [-0.39, 0.29) is 5.92 Å². The molecule has 2 unspecified atom stereocenters. The third-order valence-corrected chi connectivity index (χ3v) is 5.97. The molecule has 0 radical (unpaired) electrons. The van der Waals surface area contributed by atoms with Crippen LogP contribution in [0.5, 0.6) is 0 Å². The molecule has 0 spiro atoms. The predicted octanol–water partition coefficient (Wildman–Crippen LogP) is 5.11. The first-order chi connectivity index (χ1) is 12.3. The maximum Gasteiger partial charge on any atom is 0.161 e. The van der Waals surface area contributed by atoms with Gasteiger partial charge in [0.2, 0.25) is 0 Å². The largest absolute Gasteiger partial charge is 0.358 e. The van der Waals surface area contributed by atoms with Gasteiger partial charge in [0, 0.05) is 40.9 Å². The molecule has 3 heteroatoms. The van der Waals surface area contributed by atoms with E-state index in [1.54, 1.807) is 0 Å². The van der Waals surface area contributed by atoms with E-state index in [2.05, 4.69) is 40.7 Å². The van der Waals surface area contributed by atoms with E-state index in [4.69, 9.17) is 0 Å². The Morgan fingerprint density at radius 3 is 2.96 bits per heavy atom. The van der Waals surface area contributed by atoms with Crippen molar-refractivity contribution < 1.29 is 4.79 Å². The Hall–Kier alpha value is -2.42. The van der Waals surface area contributed by atoms with E-state index in [1.165, 1.54) is 22.3 Å². The van der Waals surface area contributed by atoms with Crippen LogP contribution in [0.25, 0.3) is 10.9 Å². The van der Waals surface area contributed by atoms with Crippen LogP contribution >= 0.6 is 0 Å². The molecule has 126 valence electrons. The number of anilines is 1. The van der Waals surface area contributed by atoms with Crippen molar-refractivity contribution in [3.05, 3.63) is 59.4 Å². The van der Waals surface area contributed by atoms with Gasteiger partial charge >= 0.3 is 0 Å². The molecule has 2 atom stereocenters. The van der Waals surface area contributed by atoms with Gasteiger partial charge in [-0.25, -0.2) is 0 Å². The second kappa shape index (κ2) is 5.83. The maximum absolute atomic E-state index is 12.9. The van der Waals surface area contributed by atoms with Gasteiger partial charge < -0.3 is 5.32 Å². The van der Waals surface area contributed by atoms with Gasteiger partial charge in [-0.1, -0.05) is 18.2 Å². The Kier molecular flexibility index (Phi) is 3.47. The van der Waals surface area contributed by atoms with E-state index >= 15 is 0 Å². The topological polar surface area (TPSA) is 42.0 Å². The van der Waals surface area contributed by atoms with Gasteiger partial charge in [-0.3, -0.25) is 9.78 Å². The summed E-state index contributed by atoms with van der Waals surface area (Å²) in [5, 5.41) is 4.80. The number of carbonyl (C=O) groups is 1. The number of nitrogens with zero attached hydrogens (tertiary/aromatic N) is 1. The van der Waals surface area contributed by atoms with Crippen molar-refractivity contribution in [2.75, 3.05) is 5.32 Å². The standard InChI is InChI=1S/C22H22N2O/c25-19-10-4-9-17-22(19)20(14-6-2-1-3-7-14)21-15-8-5-13-23-16(15)11-12-18(21)24-17/h1-2,5,8,11-14,20,24H,3-4,6-7,9-10H2. The number of rotatable bonds is 1. The molecule has 1 aliphatic heterocycles. The summed E-state index contributed by atoms with van der Waals surface area (Å²) in [4.78, 5) is 17.4. The van der Waals surface area contributed by atoms with Gasteiger partial charge in [-0.05, 0) is 61.8 Å². The lowest BCUT2D eigenvalue weighted by Crippen LogP contribution is -2.30. The number of ketones is 1. The quantitative estimate of drug-likeness (QED) is 0.739. The fourth-order valence-electron chi connectivity index (χ4n) is 4.87. The zero-order chi connectivity index (χ0) is 16.8. The minimum absolute atomic E-state index is 0.205. The Morgan fingerprint density at radius 2 is 2.08 bits per heavy atom. The van der Waals surface area contributed by atoms with Crippen LogP contribution in [0.15, 0.2) is 53.9 Å². The number of benzene rings is 1. The van der Waals surface area contributed by atoms with Gasteiger partial charge in [0.1, 0.15) is 0 Å². The first-order valence-corrected chi connectivity index (χ1v) is 9.39. The smallest absolute Gasteiger partial charge is 0.161 e. The molecule has 0 saturated heterocycles. The number of pyridine rings is 1. The van der Waals surface area contributed by atoms with Crippen LogP contribution < -0.4 is 5.32 Å². The summed E-state index contributed by atoms with van der Waals surface area (Å²) in [6.07, 6.45) is 12.4. The van der Waals surface area contributed by atoms with Crippen molar-refractivity contribution in [3.8, 4) is 0 Å². The second-order valence-electron chi connectivity index (χ2n) is 7.41. The van der Waals surface area contributed by atoms with E-state index < -0.39 is 0 Å². The third-order valence-electron chi connectivity index (χ3n) is 5.97. The summed E-state index contributed by atoms with van der Waals surface area (Å²) in [7, 11) is 0. The number of nitrogens with one attached hydrogen (secondary N) is 1. The van der Waals surface area contributed by atoms with Crippen molar-refractivity contribution in [2.24, 2.45) is 5.92 Å². The van der Waals surface area contributed by atoms with Gasteiger partial charge in [-0.2, -0.15) is 0 Å². The molecule has 5 rings (SSSR count). The molecule has 1 N–H and O–H groups in total. The third kappa shape index (κ3) is 2.33. The zero-order valence-electron chi connectivity index (χ0n) is 14.3. The SMILES string of the molecule is O=C1CCCC2=C1C(C1CC=CCC1)c1c(ccc3ncccc13)N2. The first kappa shape index (κ1) is 14.9. The molecule has 1 aromatic carbocycles. The van der Waals surface area contributed by atoms with Crippen LogP contribution in [0, 0.1) is 5.92 Å². The molecule has 25 heavy (non-hydrogen) atoms. The van der Waals surface area contributed by atoms with Crippen LogP contribution in [0.1, 0.15) is 50.0 Å². The molecule has 0 saturated carbocycles. The fraction of sp³-hybridized carbons (Fsp3) is 0.364. The van der Waals surface area contributed by atoms with E-state index in [1.807, 2.05) is 12.3 Å². The predicted molar refractivity (Wildman–Crippen MR) is 100 cm³/mol. The summed E-state index contributed by atoms with van der Waals surface area (Å²) >= 11 is 0. The molecule has 3 aliphatic rings. The summed E-state index contributed by atoms with van der Waals surface area (Å²) in [6.45, 7) is 0. The molecular formula is C22H22N2O. The van der Waals surface area contributed by atoms with Gasteiger partial charge in [-0.15, -0.1) is 0 Å². The highest BCUT2D eigenvalue weighted by atomic mass is 16.1. The van der Waals surface area contributed by atoms with Gasteiger partial charge in [0.05, 0.1) is 5.52 Å². The first-order valence-electron chi connectivity index (χ1n) is 9.39. The Balaban J connectivity index is 1.76. The second-order valence-corrected chi connectivity index (χ2v) is 7.41.